The minimum atomic E-state index is -3.57. The molecule has 0 fully saturated rings. The molecule has 2 N–H and O–H groups in total. The molecule has 0 aromatic heterocycles. The number of ether oxygens (including phenoxy) is 1. The van der Waals surface area contributed by atoms with Crippen molar-refractivity contribution in [1.82, 2.24) is 4.72 Å². The number of methoxy groups -OCH3 is 1. The molecule has 0 amide bonds. The van der Waals surface area contributed by atoms with Crippen molar-refractivity contribution in [3.8, 4) is 0 Å². The average Bonchev–Trinajstić information content (AvgIpc) is 2.43. The van der Waals surface area contributed by atoms with E-state index < -0.39 is 15.6 Å². The molecule has 1 atom stereocenters. The maximum atomic E-state index is 11.8. The molecule has 0 heterocycles. The van der Waals surface area contributed by atoms with Gasteiger partial charge in [0.15, 0.2) is 0 Å². The molecule has 0 radical (unpaired) electrons. The number of rotatable bonds is 8. The third-order valence-electron chi connectivity index (χ3n) is 2.74. The van der Waals surface area contributed by atoms with Crippen molar-refractivity contribution in [2.75, 3.05) is 20.3 Å². The van der Waals surface area contributed by atoms with E-state index in [1.54, 1.807) is 19.1 Å². The van der Waals surface area contributed by atoms with Gasteiger partial charge in [0, 0.05) is 32.1 Å². The highest BCUT2D eigenvalue weighted by Crippen LogP contribution is 2.09. The summed E-state index contributed by atoms with van der Waals surface area (Å²) >= 11 is 0. The second kappa shape index (κ2) is 7.54. The van der Waals surface area contributed by atoms with Crippen LogP contribution < -0.4 is 4.72 Å². The molecule has 0 aliphatic heterocycles. The van der Waals surface area contributed by atoms with Crippen LogP contribution in [0.25, 0.3) is 6.08 Å². The summed E-state index contributed by atoms with van der Waals surface area (Å²) in [5.41, 5.74) is -0.340. The highest BCUT2D eigenvalue weighted by Gasteiger charge is 2.21. The second-order valence-electron chi connectivity index (χ2n) is 4.82. The third-order valence-corrected chi connectivity index (χ3v) is 3.78. The lowest BCUT2D eigenvalue weighted by Gasteiger charge is -2.22. The van der Waals surface area contributed by atoms with E-state index in [4.69, 9.17) is 4.74 Å². The quantitative estimate of drug-likeness (QED) is 0.760. The van der Waals surface area contributed by atoms with Gasteiger partial charge in [-0.05, 0) is 18.6 Å². The van der Waals surface area contributed by atoms with Crippen molar-refractivity contribution in [2.24, 2.45) is 0 Å². The zero-order chi connectivity index (χ0) is 15.1. The third kappa shape index (κ3) is 6.81. The standard InChI is InChI=1S/C14H21NO4S/c1-14(16,9-10-19-2)12-15-20(17,18)11-8-13-6-4-3-5-7-13/h3-8,11,15-16H,9-10,12H2,1-2H3/b11-8+. The molecule has 6 heteroatoms. The minimum Gasteiger partial charge on any atom is -0.389 e. The molecular formula is C14H21NO4S. The Morgan fingerprint density at radius 2 is 2.00 bits per heavy atom. The molecule has 1 rings (SSSR count). The molecule has 1 unspecified atom stereocenters. The lowest BCUT2D eigenvalue weighted by Crippen LogP contribution is -2.40. The van der Waals surface area contributed by atoms with Crippen LogP contribution in [-0.4, -0.2) is 39.4 Å². The fourth-order valence-electron chi connectivity index (χ4n) is 1.45. The van der Waals surface area contributed by atoms with Gasteiger partial charge in [-0.15, -0.1) is 0 Å². The van der Waals surface area contributed by atoms with Crippen LogP contribution in [-0.2, 0) is 14.8 Å². The normalized spacial score (nSPS) is 15.3. The smallest absolute Gasteiger partial charge is 0.233 e. The van der Waals surface area contributed by atoms with Gasteiger partial charge in [-0.3, -0.25) is 0 Å². The molecule has 0 aliphatic carbocycles. The van der Waals surface area contributed by atoms with Crippen LogP contribution in [0.1, 0.15) is 18.9 Å². The maximum absolute atomic E-state index is 11.8. The van der Waals surface area contributed by atoms with Gasteiger partial charge in [-0.25, -0.2) is 13.1 Å². The Hall–Kier alpha value is -1.21. The zero-order valence-corrected chi connectivity index (χ0v) is 12.6. The zero-order valence-electron chi connectivity index (χ0n) is 11.7. The molecule has 0 saturated heterocycles. The monoisotopic (exact) mass is 299 g/mol. The fourth-order valence-corrected chi connectivity index (χ4v) is 2.39. The van der Waals surface area contributed by atoms with E-state index in [1.165, 1.54) is 13.2 Å². The molecule has 0 saturated carbocycles. The van der Waals surface area contributed by atoms with E-state index in [2.05, 4.69) is 4.72 Å². The summed E-state index contributed by atoms with van der Waals surface area (Å²) in [5, 5.41) is 11.1. The number of hydrogen-bond donors (Lipinski definition) is 2. The molecule has 0 bridgehead atoms. The SMILES string of the molecule is COCCC(C)(O)CNS(=O)(=O)/C=C/c1ccccc1. The van der Waals surface area contributed by atoms with Crippen LogP contribution in [0.3, 0.4) is 0 Å². The number of hydrogen-bond acceptors (Lipinski definition) is 4. The molecular weight excluding hydrogens is 278 g/mol. The van der Waals surface area contributed by atoms with Gasteiger partial charge in [0.25, 0.3) is 0 Å². The lowest BCUT2D eigenvalue weighted by atomic mass is 10.0. The van der Waals surface area contributed by atoms with Crippen LogP contribution >= 0.6 is 0 Å². The summed E-state index contributed by atoms with van der Waals surface area (Å²) in [4.78, 5) is 0. The largest absolute Gasteiger partial charge is 0.389 e. The van der Waals surface area contributed by atoms with Crippen molar-refractivity contribution in [2.45, 2.75) is 18.9 Å². The average molecular weight is 299 g/mol. The molecule has 0 spiro atoms. The van der Waals surface area contributed by atoms with Gasteiger partial charge in [0.1, 0.15) is 0 Å². The van der Waals surface area contributed by atoms with Crippen molar-refractivity contribution in [3.63, 3.8) is 0 Å². The highest BCUT2D eigenvalue weighted by molar-refractivity contribution is 7.92. The molecule has 112 valence electrons. The van der Waals surface area contributed by atoms with Crippen molar-refractivity contribution < 1.29 is 18.3 Å². The van der Waals surface area contributed by atoms with Crippen molar-refractivity contribution in [3.05, 3.63) is 41.3 Å². The van der Waals surface area contributed by atoms with E-state index in [9.17, 15) is 13.5 Å². The van der Waals surface area contributed by atoms with Gasteiger partial charge in [0.05, 0.1) is 5.60 Å². The van der Waals surface area contributed by atoms with Gasteiger partial charge >= 0.3 is 0 Å². The van der Waals surface area contributed by atoms with Crippen LogP contribution in [0.2, 0.25) is 0 Å². The summed E-state index contributed by atoms with van der Waals surface area (Å²) in [6, 6.07) is 9.13. The number of nitrogens with one attached hydrogen (secondary N) is 1. The van der Waals surface area contributed by atoms with Crippen LogP contribution in [0.15, 0.2) is 35.7 Å². The predicted molar refractivity (Wildman–Crippen MR) is 79.5 cm³/mol. The first-order valence-electron chi connectivity index (χ1n) is 6.29. The van der Waals surface area contributed by atoms with E-state index in [0.29, 0.717) is 13.0 Å². The van der Waals surface area contributed by atoms with Gasteiger partial charge < -0.3 is 9.84 Å². The Morgan fingerprint density at radius 1 is 1.35 bits per heavy atom. The summed E-state index contributed by atoms with van der Waals surface area (Å²) in [5.74, 6) is 0. The Morgan fingerprint density at radius 3 is 2.60 bits per heavy atom. The first-order valence-corrected chi connectivity index (χ1v) is 7.83. The van der Waals surface area contributed by atoms with E-state index in [-0.39, 0.29) is 6.54 Å². The number of aliphatic hydroxyl groups is 1. The number of sulfonamides is 1. The maximum Gasteiger partial charge on any atom is 0.233 e. The summed E-state index contributed by atoms with van der Waals surface area (Å²) < 4.78 is 30.8. The first kappa shape index (κ1) is 16.8. The van der Waals surface area contributed by atoms with E-state index >= 15 is 0 Å². The molecule has 1 aromatic carbocycles. The first-order chi connectivity index (χ1) is 9.35. The fraction of sp³-hybridized carbons (Fsp3) is 0.429. The lowest BCUT2D eigenvalue weighted by molar-refractivity contribution is 0.0292. The second-order valence-corrected chi connectivity index (χ2v) is 6.47. The Labute approximate surface area is 120 Å². The Kier molecular flexibility index (Phi) is 6.35. The molecule has 0 aliphatic rings. The van der Waals surface area contributed by atoms with Crippen molar-refractivity contribution >= 4 is 16.1 Å². The summed E-state index contributed by atoms with van der Waals surface area (Å²) in [6.45, 7) is 1.88. The van der Waals surface area contributed by atoms with Crippen molar-refractivity contribution in [1.29, 1.82) is 0 Å². The van der Waals surface area contributed by atoms with Crippen LogP contribution in [0, 0.1) is 0 Å². The van der Waals surface area contributed by atoms with Gasteiger partial charge in [-0.1, -0.05) is 30.3 Å². The predicted octanol–water partition coefficient (Wildman–Crippen LogP) is 1.36. The summed E-state index contributed by atoms with van der Waals surface area (Å²) in [6.07, 6.45) is 1.86. The van der Waals surface area contributed by atoms with E-state index in [1.807, 2.05) is 18.2 Å². The van der Waals surface area contributed by atoms with Crippen LogP contribution in [0.4, 0.5) is 0 Å². The Bertz CT molecular complexity index is 523. The molecule has 5 nitrogen and oxygen atoms in total. The molecule has 20 heavy (non-hydrogen) atoms. The summed E-state index contributed by atoms with van der Waals surface area (Å²) in [7, 11) is -2.04. The Balaban J connectivity index is 2.56. The minimum absolute atomic E-state index is 0.0577. The van der Waals surface area contributed by atoms with Gasteiger partial charge in [-0.2, -0.15) is 0 Å². The molecule has 1 aromatic rings. The van der Waals surface area contributed by atoms with Gasteiger partial charge in [0.2, 0.25) is 10.0 Å². The topological polar surface area (TPSA) is 75.6 Å². The number of benzene rings is 1. The van der Waals surface area contributed by atoms with E-state index in [0.717, 1.165) is 11.0 Å². The highest BCUT2D eigenvalue weighted by atomic mass is 32.2. The van der Waals surface area contributed by atoms with Crippen LogP contribution in [0.5, 0.6) is 0 Å².